The van der Waals surface area contributed by atoms with Gasteiger partial charge in [0.2, 0.25) is 5.95 Å². The zero-order valence-corrected chi connectivity index (χ0v) is 15.5. The molecule has 0 unspecified atom stereocenters. The summed E-state index contributed by atoms with van der Waals surface area (Å²) < 4.78 is 1.05. The molecule has 4 rings (SSSR count). The van der Waals surface area contributed by atoms with E-state index in [1.165, 1.54) is 16.7 Å². The molecule has 5 nitrogen and oxygen atoms in total. The van der Waals surface area contributed by atoms with E-state index in [1.807, 2.05) is 18.2 Å². The smallest absolute Gasteiger partial charge is 0.249 e. The molecular weight excluding hydrogens is 378 g/mol. The Balaban J connectivity index is 1.55. The summed E-state index contributed by atoms with van der Waals surface area (Å²) in [6, 6.07) is 14.6. The van der Waals surface area contributed by atoms with Crippen LogP contribution in [-0.2, 0) is 13.0 Å². The van der Waals surface area contributed by atoms with Gasteiger partial charge >= 0.3 is 0 Å². The van der Waals surface area contributed by atoms with E-state index in [0.29, 0.717) is 5.95 Å². The second-order valence-corrected chi connectivity index (χ2v) is 7.02. The Bertz CT molecular complexity index is 912. The lowest BCUT2D eigenvalue weighted by Crippen LogP contribution is -2.31. The second kappa shape index (κ2) is 6.80. The van der Waals surface area contributed by atoms with E-state index >= 15 is 0 Å². The van der Waals surface area contributed by atoms with E-state index in [1.54, 1.807) is 6.20 Å². The van der Waals surface area contributed by atoms with Gasteiger partial charge in [-0.05, 0) is 42.2 Å². The van der Waals surface area contributed by atoms with Crippen LogP contribution in [0.3, 0.4) is 0 Å². The Morgan fingerprint density at radius 3 is 2.80 bits per heavy atom. The van der Waals surface area contributed by atoms with Crippen molar-refractivity contribution in [3.63, 3.8) is 0 Å². The summed E-state index contributed by atoms with van der Waals surface area (Å²) in [5, 5.41) is 11.5. The number of halogens is 1. The number of hydrogen-bond donors (Lipinski definition) is 1. The van der Waals surface area contributed by atoms with Crippen LogP contribution in [0.15, 0.2) is 53.1 Å². The molecule has 0 atom stereocenters. The normalized spacial score (nSPS) is 13.4. The zero-order chi connectivity index (χ0) is 17.2. The summed E-state index contributed by atoms with van der Waals surface area (Å²) in [5.41, 5.74) is 4.89. The summed E-state index contributed by atoms with van der Waals surface area (Å²) in [6.45, 7) is 3.84. The van der Waals surface area contributed by atoms with Crippen molar-refractivity contribution in [2.75, 3.05) is 16.8 Å². The van der Waals surface area contributed by atoms with Crippen LogP contribution in [0.25, 0.3) is 0 Å². The van der Waals surface area contributed by atoms with Gasteiger partial charge in [0.15, 0.2) is 5.82 Å². The monoisotopic (exact) mass is 395 g/mol. The maximum Gasteiger partial charge on any atom is 0.249 e. The van der Waals surface area contributed by atoms with Crippen LogP contribution >= 0.6 is 15.9 Å². The standard InChI is InChI=1S/C19H18BrN5/c1-13-6-7-16(10-17(13)20)22-19-23-18(11-21-24-19)25-9-8-14-4-2-3-5-15(14)12-25/h2-7,10-11H,8-9,12H2,1H3,(H,22,23,24). The highest BCUT2D eigenvalue weighted by atomic mass is 79.9. The quantitative estimate of drug-likeness (QED) is 0.718. The van der Waals surface area contributed by atoms with Gasteiger partial charge in [-0.2, -0.15) is 10.1 Å². The summed E-state index contributed by atoms with van der Waals surface area (Å²) in [4.78, 5) is 6.89. The first-order chi connectivity index (χ1) is 12.2. The van der Waals surface area contributed by atoms with Crippen LogP contribution in [0.5, 0.6) is 0 Å². The first-order valence-corrected chi connectivity index (χ1v) is 9.03. The number of anilines is 3. The molecule has 0 bridgehead atoms. The molecule has 0 radical (unpaired) electrons. The molecule has 2 aromatic carbocycles. The Hall–Kier alpha value is -2.47. The number of fused-ring (bicyclic) bond motifs is 1. The number of aryl methyl sites for hydroxylation is 1. The van der Waals surface area contributed by atoms with Gasteiger partial charge in [-0.1, -0.05) is 46.3 Å². The molecule has 6 heteroatoms. The molecule has 0 fully saturated rings. The number of benzene rings is 2. The van der Waals surface area contributed by atoms with Crippen molar-refractivity contribution in [2.45, 2.75) is 19.9 Å². The van der Waals surface area contributed by atoms with Gasteiger partial charge in [0.05, 0.1) is 6.20 Å². The van der Waals surface area contributed by atoms with Gasteiger partial charge in [0.25, 0.3) is 0 Å². The number of rotatable bonds is 3. The molecule has 0 aliphatic carbocycles. The van der Waals surface area contributed by atoms with Crippen molar-refractivity contribution in [1.29, 1.82) is 0 Å². The molecule has 0 saturated heterocycles. The van der Waals surface area contributed by atoms with E-state index < -0.39 is 0 Å². The Kier molecular flexibility index (Phi) is 4.36. The fourth-order valence-corrected chi connectivity index (χ4v) is 3.37. The first-order valence-electron chi connectivity index (χ1n) is 8.24. The Morgan fingerprint density at radius 2 is 1.96 bits per heavy atom. The third-order valence-corrected chi connectivity index (χ3v) is 5.28. The molecule has 126 valence electrons. The van der Waals surface area contributed by atoms with Gasteiger partial charge in [-0.15, -0.1) is 5.10 Å². The molecule has 1 N–H and O–H groups in total. The van der Waals surface area contributed by atoms with Crippen molar-refractivity contribution in [3.8, 4) is 0 Å². The predicted molar refractivity (Wildman–Crippen MR) is 103 cm³/mol. The lowest BCUT2D eigenvalue weighted by molar-refractivity contribution is 0.715. The van der Waals surface area contributed by atoms with Crippen molar-refractivity contribution >= 4 is 33.4 Å². The van der Waals surface area contributed by atoms with Gasteiger partial charge in [-0.3, -0.25) is 0 Å². The Labute approximate surface area is 155 Å². The zero-order valence-electron chi connectivity index (χ0n) is 13.9. The van der Waals surface area contributed by atoms with Crippen molar-refractivity contribution in [1.82, 2.24) is 15.2 Å². The molecule has 1 aliphatic heterocycles. The third kappa shape index (κ3) is 3.49. The molecule has 2 heterocycles. The van der Waals surface area contributed by atoms with E-state index in [-0.39, 0.29) is 0 Å². The molecule has 25 heavy (non-hydrogen) atoms. The van der Waals surface area contributed by atoms with E-state index in [4.69, 9.17) is 0 Å². The number of hydrogen-bond acceptors (Lipinski definition) is 5. The van der Waals surface area contributed by atoms with Crippen molar-refractivity contribution in [2.24, 2.45) is 0 Å². The topological polar surface area (TPSA) is 53.9 Å². The average Bonchev–Trinajstić information content (AvgIpc) is 2.65. The highest BCUT2D eigenvalue weighted by Crippen LogP contribution is 2.25. The van der Waals surface area contributed by atoms with Gasteiger partial charge in [-0.25, -0.2) is 0 Å². The molecule has 0 amide bonds. The fourth-order valence-electron chi connectivity index (χ4n) is 2.99. The molecular formula is C19H18BrN5. The lowest BCUT2D eigenvalue weighted by Gasteiger charge is -2.29. The van der Waals surface area contributed by atoms with Crippen LogP contribution < -0.4 is 10.2 Å². The van der Waals surface area contributed by atoms with E-state index in [2.05, 4.69) is 72.5 Å². The summed E-state index contributed by atoms with van der Waals surface area (Å²) in [7, 11) is 0. The average molecular weight is 396 g/mol. The minimum Gasteiger partial charge on any atom is -0.350 e. The fraction of sp³-hybridized carbons (Fsp3) is 0.211. The van der Waals surface area contributed by atoms with E-state index in [9.17, 15) is 0 Å². The van der Waals surface area contributed by atoms with Crippen LogP contribution in [-0.4, -0.2) is 21.7 Å². The largest absolute Gasteiger partial charge is 0.350 e. The molecule has 0 spiro atoms. The SMILES string of the molecule is Cc1ccc(Nc2nncc(N3CCc4ccccc4C3)n2)cc1Br. The van der Waals surface area contributed by atoms with E-state index in [0.717, 1.165) is 35.5 Å². The minimum absolute atomic E-state index is 0.507. The van der Waals surface area contributed by atoms with Crippen LogP contribution in [0.2, 0.25) is 0 Å². The predicted octanol–water partition coefficient (Wildman–Crippen LogP) is 4.25. The molecule has 0 saturated carbocycles. The third-order valence-electron chi connectivity index (χ3n) is 4.43. The maximum absolute atomic E-state index is 4.64. The van der Waals surface area contributed by atoms with Crippen molar-refractivity contribution in [3.05, 3.63) is 69.8 Å². The summed E-state index contributed by atoms with van der Waals surface area (Å²) >= 11 is 3.55. The van der Waals surface area contributed by atoms with Crippen LogP contribution in [0.1, 0.15) is 16.7 Å². The lowest BCUT2D eigenvalue weighted by atomic mass is 10.0. The summed E-state index contributed by atoms with van der Waals surface area (Å²) in [6.07, 6.45) is 2.75. The number of aromatic nitrogens is 3. The second-order valence-electron chi connectivity index (χ2n) is 6.17. The van der Waals surface area contributed by atoms with Gasteiger partial charge in [0.1, 0.15) is 0 Å². The number of nitrogens with zero attached hydrogens (tertiary/aromatic N) is 4. The summed E-state index contributed by atoms with van der Waals surface area (Å²) in [5.74, 6) is 1.35. The molecule has 1 aliphatic rings. The van der Waals surface area contributed by atoms with Crippen LogP contribution in [0.4, 0.5) is 17.5 Å². The number of nitrogens with one attached hydrogen (secondary N) is 1. The highest BCUT2D eigenvalue weighted by Gasteiger charge is 2.18. The van der Waals surface area contributed by atoms with Crippen LogP contribution in [0, 0.1) is 6.92 Å². The van der Waals surface area contributed by atoms with Gasteiger partial charge in [0, 0.05) is 23.2 Å². The highest BCUT2D eigenvalue weighted by molar-refractivity contribution is 9.10. The Morgan fingerprint density at radius 1 is 1.12 bits per heavy atom. The minimum atomic E-state index is 0.507. The van der Waals surface area contributed by atoms with Gasteiger partial charge < -0.3 is 10.2 Å². The molecule has 3 aromatic rings. The maximum atomic E-state index is 4.64. The van der Waals surface area contributed by atoms with Crippen molar-refractivity contribution < 1.29 is 0 Å². The first kappa shape index (κ1) is 16.0. The molecule has 1 aromatic heterocycles.